The van der Waals surface area contributed by atoms with Crippen LogP contribution in [0.2, 0.25) is 5.15 Å². The molecular formula is C10H10ClN3O2. The summed E-state index contributed by atoms with van der Waals surface area (Å²) in [6.07, 6.45) is 2.93. The van der Waals surface area contributed by atoms with Gasteiger partial charge in [0.05, 0.1) is 12.2 Å². The summed E-state index contributed by atoms with van der Waals surface area (Å²) in [6, 6.07) is 0. The van der Waals surface area contributed by atoms with Crippen LogP contribution in [0.3, 0.4) is 0 Å². The largest absolute Gasteiger partial charge is 0.462 e. The zero-order chi connectivity index (χ0) is 11.7. The second-order valence-corrected chi connectivity index (χ2v) is 3.59. The molecule has 0 aliphatic carbocycles. The maximum atomic E-state index is 11.6. The number of esters is 1. The third kappa shape index (κ3) is 1.63. The number of carbonyl (C=O) groups excluding carboxylic acids is 1. The Morgan fingerprint density at radius 1 is 1.62 bits per heavy atom. The fourth-order valence-corrected chi connectivity index (χ4v) is 1.80. The maximum absolute atomic E-state index is 11.6. The van der Waals surface area contributed by atoms with Crippen molar-refractivity contribution in [1.29, 1.82) is 0 Å². The smallest absolute Gasteiger partial charge is 0.340 e. The summed E-state index contributed by atoms with van der Waals surface area (Å²) in [5.74, 6) is -0.374. The van der Waals surface area contributed by atoms with Crippen LogP contribution in [0.5, 0.6) is 0 Å². The molecule has 16 heavy (non-hydrogen) atoms. The summed E-state index contributed by atoms with van der Waals surface area (Å²) in [4.78, 5) is 15.5. The number of ether oxygens (including phenoxy) is 1. The van der Waals surface area contributed by atoms with Gasteiger partial charge in [-0.3, -0.25) is 0 Å². The van der Waals surface area contributed by atoms with Crippen molar-refractivity contribution >= 4 is 23.1 Å². The van der Waals surface area contributed by atoms with E-state index in [1.165, 1.54) is 10.8 Å². The molecule has 0 spiro atoms. The first-order chi connectivity index (χ1) is 7.65. The number of aromatic nitrogens is 3. The predicted molar refractivity (Wildman–Crippen MR) is 58.7 cm³/mol. The maximum Gasteiger partial charge on any atom is 0.340 e. The van der Waals surface area contributed by atoms with Gasteiger partial charge in [0, 0.05) is 6.20 Å². The highest BCUT2D eigenvalue weighted by Gasteiger charge is 2.17. The molecule has 0 unspecified atom stereocenters. The lowest BCUT2D eigenvalue weighted by atomic mass is 10.7. The third-order valence-electron chi connectivity index (χ3n) is 2.28. The van der Waals surface area contributed by atoms with E-state index in [2.05, 4.69) is 10.1 Å². The zero-order valence-electron chi connectivity index (χ0n) is 8.90. The summed E-state index contributed by atoms with van der Waals surface area (Å²) >= 11 is 5.93. The predicted octanol–water partition coefficient (Wildman–Crippen LogP) is 1.87. The van der Waals surface area contributed by atoms with Crippen LogP contribution in [0.25, 0.3) is 5.52 Å². The lowest BCUT2D eigenvalue weighted by Crippen LogP contribution is -2.04. The van der Waals surface area contributed by atoms with Crippen LogP contribution in [-0.2, 0) is 4.74 Å². The van der Waals surface area contributed by atoms with E-state index in [4.69, 9.17) is 16.3 Å². The topological polar surface area (TPSA) is 56.5 Å². The highest BCUT2D eigenvalue weighted by atomic mass is 35.5. The molecule has 2 rings (SSSR count). The number of rotatable bonds is 2. The molecule has 0 radical (unpaired) electrons. The second kappa shape index (κ2) is 4.09. The minimum absolute atomic E-state index is 0.322. The molecule has 0 bridgehead atoms. The molecule has 84 valence electrons. The van der Waals surface area contributed by atoms with Crippen molar-refractivity contribution in [3.8, 4) is 0 Å². The van der Waals surface area contributed by atoms with Crippen molar-refractivity contribution in [2.45, 2.75) is 13.8 Å². The van der Waals surface area contributed by atoms with Crippen molar-refractivity contribution < 1.29 is 9.53 Å². The number of aryl methyl sites for hydroxylation is 1. The normalized spacial score (nSPS) is 10.7. The first kappa shape index (κ1) is 10.9. The Labute approximate surface area is 97.0 Å². The van der Waals surface area contributed by atoms with Crippen LogP contribution in [0.15, 0.2) is 12.5 Å². The van der Waals surface area contributed by atoms with Gasteiger partial charge in [0.25, 0.3) is 0 Å². The zero-order valence-corrected chi connectivity index (χ0v) is 9.65. The summed E-state index contributed by atoms with van der Waals surface area (Å²) in [7, 11) is 0. The molecule has 0 saturated carbocycles. The van der Waals surface area contributed by atoms with Crippen LogP contribution in [0.4, 0.5) is 0 Å². The molecule has 2 aromatic heterocycles. The molecule has 2 aromatic rings. The quantitative estimate of drug-likeness (QED) is 0.599. The first-order valence-electron chi connectivity index (χ1n) is 4.80. The van der Waals surface area contributed by atoms with Gasteiger partial charge in [-0.25, -0.2) is 14.3 Å². The van der Waals surface area contributed by atoms with Crippen LogP contribution in [0, 0.1) is 6.92 Å². The highest BCUT2D eigenvalue weighted by Crippen LogP contribution is 2.22. The molecule has 0 aliphatic heterocycles. The molecule has 0 amide bonds. The van der Waals surface area contributed by atoms with Crippen molar-refractivity contribution in [2.24, 2.45) is 0 Å². The molecule has 0 aromatic carbocycles. The van der Waals surface area contributed by atoms with Gasteiger partial charge in [-0.2, -0.15) is 5.10 Å². The average Bonchev–Trinajstić information content (AvgIpc) is 2.58. The van der Waals surface area contributed by atoms with E-state index in [1.807, 2.05) is 0 Å². The van der Waals surface area contributed by atoms with Gasteiger partial charge < -0.3 is 4.74 Å². The SMILES string of the molecule is CCO[13C](=O)[13c]1c[15n]2nc[15n]c(Cl)c2[13c]1[13CH3]. The van der Waals surface area contributed by atoms with Crippen LogP contribution >= 0.6 is 11.6 Å². The molecule has 0 fully saturated rings. The average molecular weight is 246 g/mol. The van der Waals surface area contributed by atoms with Crippen LogP contribution in [-0.4, -0.2) is 27.2 Å². The van der Waals surface area contributed by atoms with Gasteiger partial charge in [0.15, 0.2) is 5.15 Å². The number of hydrogen-bond donors (Lipinski definition) is 0. The number of halogens is 1. The van der Waals surface area contributed by atoms with E-state index >= 15 is 0 Å². The van der Waals surface area contributed by atoms with E-state index in [0.717, 1.165) is 5.56 Å². The van der Waals surface area contributed by atoms with Gasteiger partial charge in [0.2, 0.25) is 0 Å². The Bertz CT molecular complexity index is 550. The van der Waals surface area contributed by atoms with E-state index in [1.54, 1.807) is 20.0 Å². The summed E-state index contributed by atoms with van der Waals surface area (Å²) in [5, 5.41) is 4.30. The van der Waals surface area contributed by atoms with Gasteiger partial charge in [-0.05, 0) is 19.4 Å². The van der Waals surface area contributed by atoms with Crippen molar-refractivity contribution in [1.82, 2.24) is 14.6 Å². The van der Waals surface area contributed by atoms with Crippen LogP contribution < -0.4 is 0 Å². The van der Waals surface area contributed by atoms with Crippen molar-refractivity contribution in [2.75, 3.05) is 6.61 Å². The monoisotopic (exact) mass is 245 g/mol. The summed E-state index contributed by atoms with van der Waals surface area (Å²) in [6.45, 7) is 3.89. The van der Waals surface area contributed by atoms with Gasteiger partial charge in [-0.15, -0.1) is 0 Å². The lowest BCUT2D eigenvalue weighted by Gasteiger charge is -1.99. The third-order valence-corrected chi connectivity index (χ3v) is 2.55. The Hall–Kier alpha value is -1.62. The molecule has 0 aliphatic rings. The minimum Gasteiger partial charge on any atom is -0.462 e. The molecule has 6 heteroatoms. The van der Waals surface area contributed by atoms with Crippen molar-refractivity contribution in [3.05, 3.63) is 28.8 Å². The van der Waals surface area contributed by atoms with Crippen molar-refractivity contribution in [3.63, 3.8) is 0 Å². The Morgan fingerprint density at radius 3 is 3.00 bits per heavy atom. The Kier molecular flexibility index (Phi) is 2.78. The minimum atomic E-state index is -0.374. The van der Waals surface area contributed by atoms with Gasteiger partial charge in [0.1, 0.15) is 11.8 Å². The van der Waals surface area contributed by atoms with E-state index in [9.17, 15) is 4.79 Å². The number of hydrogen-bond acceptors (Lipinski definition) is 4. The van der Waals surface area contributed by atoms with E-state index in [0.29, 0.717) is 22.8 Å². The first-order valence-corrected chi connectivity index (χ1v) is 5.18. The second-order valence-electron chi connectivity index (χ2n) is 3.23. The van der Waals surface area contributed by atoms with Gasteiger partial charge in [-0.1, -0.05) is 11.6 Å². The Morgan fingerprint density at radius 2 is 2.38 bits per heavy atom. The number of carbonyl (C=O) groups is 1. The van der Waals surface area contributed by atoms with Gasteiger partial charge >= 0.3 is 5.97 Å². The molecule has 0 N–H and O–H groups in total. The molecule has 0 saturated heterocycles. The molecule has 5 nitrogen and oxygen atoms in total. The Balaban J connectivity index is 2.61. The highest BCUT2D eigenvalue weighted by molar-refractivity contribution is 6.32. The summed E-state index contributed by atoms with van der Waals surface area (Å²) < 4.78 is 6.46. The summed E-state index contributed by atoms with van der Waals surface area (Å²) in [5.41, 5.74) is 1.82. The fraction of sp³-hybridized carbons (Fsp3) is 0.300. The number of fused-ring (bicyclic) bond motifs is 1. The molecule has 0 atom stereocenters. The van der Waals surface area contributed by atoms with E-state index in [-0.39, 0.29) is 5.97 Å². The number of nitrogens with zero attached hydrogens (tertiary/aromatic N) is 3. The standard InChI is InChI=1S/C10H10ClN3O2/c1-3-16-10(15)7-4-14-8(6(7)2)9(11)12-5-13-14/h4-5H,3H2,1-2H3/i2+1,6+1,7+1,10+1,12+1,14+1. The fourth-order valence-electron chi connectivity index (χ4n) is 1.53. The molecule has 2 heterocycles. The van der Waals surface area contributed by atoms with E-state index < -0.39 is 0 Å². The molecular weight excluding hydrogens is 236 g/mol. The lowest BCUT2D eigenvalue weighted by molar-refractivity contribution is 0.0525. The van der Waals surface area contributed by atoms with Crippen LogP contribution in [0.1, 0.15) is 22.8 Å².